The fourth-order valence-electron chi connectivity index (χ4n) is 1.64. The van der Waals surface area contributed by atoms with Gasteiger partial charge in [0.05, 0.1) is 13.2 Å². The highest BCUT2D eigenvalue weighted by Gasteiger charge is 2.22. The van der Waals surface area contributed by atoms with Crippen LogP contribution in [0.3, 0.4) is 0 Å². The summed E-state index contributed by atoms with van der Waals surface area (Å²) in [5, 5.41) is 12.2. The molecule has 0 bridgehead atoms. The third-order valence-corrected chi connectivity index (χ3v) is 2.43. The van der Waals surface area contributed by atoms with Crippen LogP contribution in [0.15, 0.2) is 24.3 Å². The SMILES string of the molecule is CCOc1ccccc1C(NCCOC)C(=O)O. The Morgan fingerprint density at radius 3 is 2.78 bits per heavy atom. The molecule has 0 radical (unpaired) electrons. The van der Waals surface area contributed by atoms with Gasteiger partial charge in [-0.3, -0.25) is 10.1 Å². The molecule has 0 aliphatic heterocycles. The number of hydrogen-bond acceptors (Lipinski definition) is 4. The zero-order chi connectivity index (χ0) is 13.4. The molecule has 1 aromatic rings. The van der Waals surface area contributed by atoms with E-state index >= 15 is 0 Å². The Bertz CT molecular complexity index is 381. The topological polar surface area (TPSA) is 67.8 Å². The van der Waals surface area contributed by atoms with E-state index in [1.165, 1.54) is 0 Å². The van der Waals surface area contributed by atoms with Gasteiger partial charge in [0.2, 0.25) is 0 Å². The normalized spacial score (nSPS) is 12.1. The van der Waals surface area contributed by atoms with Crippen LogP contribution in [0, 0.1) is 0 Å². The van der Waals surface area contributed by atoms with Crippen molar-refractivity contribution in [3.8, 4) is 5.75 Å². The van der Waals surface area contributed by atoms with Gasteiger partial charge >= 0.3 is 5.97 Å². The first-order valence-electron chi connectivity index (χ1n) is 5.87. The lowest BCUT2D eigenvalue weighted by atomic mass is 10.1. The Hall–Kier alpha value is -1.59. The van der Waals surface area contributed by atoms with Crippen molar-refractivity contribution in [1.82, 2.24) is 5.32 Å². The number of methoxy groups -OCH3 is 1. The summed E-state index contributed by atoms with van der Waals surface area (Å²) < 4.78 is 10.3. The third-order valence-electron chi connectivity index (χ3n) is 2.43. The van der Waals surface area contributed by atoms with Crippen LogP contribution in [0.5, 0.6) is 5.75 Å². The van der Waals surface area contributed by atoms with E-state index in [2.05, 4.69) is 5.32 Å². The molecule has 0 aliphatic rings. The van der Waals surface area contributed by atoms with E-state index in [4.69, 9.17) is 9.47 Å². The number of para-hydroxylation sites is 1. The molecule has 100 valence electrons. The number of carbonyl (C=O) groups is 1. The molecule has 5 heteroatoms. The van der Waals surface area contributed by atoms with Gasteiger partial charge in [0, 0.05) is 19.2 Å². The van der Waals surface area contributed by atoms with Gasteiger partial charge in [-0.25, -0.2) is 0 Å². The third kappa shape index (κ3) is 4.01. The number of ether oxygens (including phenoxy) is 2. The summed E-state index contributed by atoms with van der Waals surface area (Å²) in [5.41, 5.74) is 0.628. The Labute approximate surface area is 107 Å². The largest absolute Gasteiger partial charge is 0.494 e. The summed E-state index contributed by atoms with van der Waals surface area (Å²) in [5.74, 6) is -0.337. The molecule has 5 nitrogen and oxygen atoms in total. The molecule has 0 aliphatic carbocycles. The summed E-state index contributed by atoms with van der Waals surface area (Å²) >= 11 is 0. The Balaban J connectivity index is 2.87. The van der Waals surface area contributed by atoms with Crippen LogP contribution in [0.4, 0.5) is 0 Å². The van der Waals surface area contributed by atoms with Crippen molar-refractivity contribution in [2.24, 2.45) is 0 Å². The van der Waals surface area contributed by atoms with Crippen LogP contribution in [0.25, 0.3) is 0 Å². The van der Waals surface area contributed by atoms with E-state index in [9.17, 15) is 9.90 Å². The summed E-state index contributed by atoms with van der Waals surface area (Å²) in [6.07, 6.45) is 0. The molecule has 0 saturated carbocycles. The summed E-state index contributed by atoms with van der Waals surface area (Å²) in [7, 11) is 1.57. The van der Waals surface area contributed by atoms with Crippen LogP contribution < -0.4 is 10.1 Å². The molecule has 0 fully saturated rings. The molecule has 0 amide bonds. The minimum atomic E-state index is -0.932. The van der Waals surface area contributed by atoms with Crippen molar-refractivity contribution in [2.75, 3.05) is 26.9 Å². The van der Waals surface area contributed by atoms with Gasteiger partial charge in [0.1, 0.15) is 11.8 Å². The van der Waals surface area contributed by atoms with Crippen molar-refractivity contribution < 1.29 is 19.4 Å². The lowest BCUT2D eigenvalue weighted by Crippen LogP contribution is -2.31. The van der Waals surface area contributed by atoms with E-state index in [0.717, 1.165) is 0 Å². The zero-order valence-electron chi connectivity index (χ0n) is 10.7. The molecule has 2 N–H and O–H groups in total. The quantitative estimate of drug-likeness (QED) is 0.686. The highest BCUT2D eigenvalue weighted by molar-refractivity contribution is 5.76. The van der Waals surface area contributed by atoms with Gasteiger partial charge in [0.25, 0.3) is 0 Å². The van der Waals surface area contributed by atoms with Gasteiger partial charge in [-0.1, -0.05) is 18.2 Å². The fourth-order valence-corrected chi connectivity index (χ4v) is 1.64. The van der Waals surface area contributed by atoms with Crippen LogP contribution in [0.1, 0.15) is 18.5 Å². The molecular weight excluding hydrogens is 234 g/mol. The van der Waals surface area contributed by atoms with E-state index < -0.39 is 12.0 Å². The Kier molecular flexibility index (Phi) is 6.18. The zero-order valence-corrected chi connectivity index (χ0v) is 10.7. The van der Waals surface area contributed by atoms with Crippen molar-refractivity contribution in [1.29, 1.82) is 0 Å². The second-order valence-electron chi connectivity index (χ2n) is 3.69. The van der Waals surface area contributed by atoms with Crippen molar-refractivity contribution in [2.45, 2.75) is 13.0 Å². The highest BCUT2D eigenvalue weighted by atomic mass is 16.5. The molecular formula is C13H19NO4. The standard InChI is InChI=1S/C13H19NO4/c1-3-18-11-7-5-4-6-10(11)12(13(15)16)14-8-9-17-2/h4-7,12,14H,3,8-9H2,1-2H3,(H,15,16). The molecule has 1 rings (SSSR count). The molecule has 0 spiro atoms. The second-order valence-corrected chi connectivity index (χ2v) is 3.69. The van der Waals surface area contributed by atoms with Crippen LogP contribution in [-0.4, -0.2) is 37.9 Å². The van der Waals surface area contributed by atoms with Gasteiger partial charge in [-0.2, -0.15) is 0 Å². The van der Waals surface area contributed by atoms with Crippen LogP contribution in [0.2, 0.25) is 0 Å². The van der Waals surface area contributed by atoms with E-state index in [-0.39, 0.29) is 0 Å². The predicted octanol–water partition coefficient (Wildman–Crippen LogP) is 1.45. The average molecular weight is 253 g/mol. The molecule has 1 aromatic carbocycles. The lowest BCUT2D eigenvalue weighted by Gasteiger charge is -2.18. The summed E-state index contributed by atoms with van der Waals surface area (Å²) in [4.78, 5) is 11.3. The number of carboxylic acids is 1. The Morgan fingerprint density at radius 1 is 1.44 bits per heavy atom. The van der Waals surface area contributed by atoms with E-state index in [0.29, 0.717) is 31.1 Å². The summed E-state index contributed by atoms with van der Waals surface area (Å²) in [6, 6.07) is 6.35. The number of hydrogen-bond donors (Lipinski definition) is 2. The lowest BCUT2D eigenvalue weighted by molar-refractivity contribution is -0.139. The average Bonchev–Trinajstić information content (AvgIpc) is 2.36. The molecule has 1 atom stereocenters. The maximum atomic E-state index is 11.3. The first-order chi connectivity index (χ1) is 8.70. The smallest absolute Gasteiger partial charge is 0.325 e. The first-order valence-corrected chi connectivity index (χ1v) is 5.87. The molecule has 18 heavy (non-hydrogen) atoms. The molecule has 0 saturated heterocycles. The van der Waals surface area contributed by atoms with Crippen molar-refractivity contribution >= 4 is 5.97 Å². The van der Waals surface area contributed by atoms with Crippen molar-refractivity contribution in [3.63, 3.8) is 0 Å². The van der Waals surface area contributed by atoms with E-state index in [1.54, 1.807) is 25.3 Å². The second kappa shape index (κ2) is 7.68. The van der Waals surface area contributed by atoms with Gasteiger partial charge < -0.3 is 14.6 Å². The number of carboxylic acid groups (broad SMARTS) is 1. The molecule has 0 heterocycles. The number of aliphatic carboxylic acids is 1. The minimum absolute atomic E-state index is 0.459. The predicted molar refractivity (Wildman–Crippen MR) is 67.9 cm³/mol. The van der Waals surface area contributed by atoms with Gasteiger partial charge in [-0.15, -0.1) is 0 Å². The Morgan fingerprint density at radius 2 is 2.17 bits per heavy atom. The van der Waals surface area contributed by atoms with Gasteiger partial charge in [-0.05, 0) is 13.0 Å². The van der Waals surface area contributed by atoms with Crippen molar-refractivity contribution in [3.05, 3.63) is 29.8 Å². The van der Waals surface area contributed by atoms with Crippen LogP contribution >= 0.6 is 0 Å². The number of benzene rings is 1. The van der Waals surface area contributed by atoms with Gasteiger partial charge in [0.15, 0.2) is 0 Å². The maximum absolute atomic E-state index is 11.3. The van der Waals surface area contributed by atoms with Crippen LogP contribution in [-0.2, 0) is 9.53 Å². The highest BCUT2D eigenvalue weighted by Crippen LogP contribution is 2.25. The number of nitrogens with one attached hydrogen (secondary N) is 1. The molecule has 1 unspecified atom stereocenters. The van der Waals surface area contributed by atoms with E-state index in [1.807, 2.05) is 13.0 Å². The fraction of sp³-hybridized carbons (Fsp3) is 0.462. The number of rotatable bonds is 8. The maximum Gasteiger partial charge on any atom is 0.325 e. The first kappa shape index (κ1) is 14.5. The monoisotopic (exact) mass is 253 g/mol. The molecule has 0 aromatic heterocycles. The minimum Gasteiger partial charge on any atom is -0.494 e. The summed E-state index contributed by atoms with van der Waals surface area (Å²) in [6.45, 7) is 3.29.